The highest BCUT2D eigenvalue weighted by molar-refractivity contribution is 6.05. The lowest BCUT2D eigenvalue weighted by molar-refractivity contribution is 0.0536. The van der Waals surface area contributed by atoms with Crippen LogP contribution in [0.4, 0.5) is 4.39 Å². The molecule has 1 saturated heterocycles. The number of piperazine rings is 1. The number of fused-ring (bicyclic) bond motifs is 1. The fourth-order valence-corrected chi connectivity index (χ4v) is 3.23. The van der Waals surface area contributed by atoms with E-state index >= 15 is 0 Å². The molecule has 6 nitrogen and oxygen atoms in total. The molecule has 0 aliphatic carbocycles. The van der Waals surface area contributed by atoms with Crippen LogP contribution >= 0.6 is 0 Å². The number of aromatic amines is 1. The Morgan fingerprint density at radius 1 is 0.962 bits per heavy atom. The summed E-state index contributed by atoms with van der Waals surface area (Å²) in [5, 5.41) is 7.74. The van der Waals surface area contributed by atoms with Gasteiger partial charge in [0.1, 0.15) is 5.82 Å². The van der Waals surface area contributed by atoms with Crippen molar-refractivity contribution in [1.29, 1.82) is 0 Å². The van der Waals surface area contributed by atoms with E-state index in [9.17, 15) is 14.0 Å². The first-order valence-electron chi connectivity index (χ1n) is 8.40. The molecule has 3 aromatic rings. The number of hydrogen-bond donors (Lipinski definition) is 1. The third kappa shape index (κ3) is 2.92. The number of halogens is 1. The SMILES string of the molecule is O=C(c1cccc(F)c1)N1CCN(C(=O)c2cccc3cn[nH]c23)CC1. The van der Waals surface area contributed by atoms with Crippen LogP contribution in [0.3, 0.4) is 0 Å². The summed E-state index contributed by atoms with van der Waals surface area (Å²) < 4.78 is 13.3. The van der Waals surface area contributed by atoms with Crippen LogP contribution in [-0.2, 0) is 0 Å². The molecule has 1 aliphatic heterocycles. The predicted molar refractivity (Wildman–Crippen MR) is 94.3 cm³/mol. The minimum Gasteiger partial charge on any atom is -0.335 e. The number of H-pyrrole nitrogens is 1. The van der Waals surface area contributed by atoms with Gasteiger partial charge in [-0.1, -0.05) is 18.2 Å². The smallest absolute Gasteiger partial charge is 0.256 e. The molecule has 1 fully saturated rings. The van der Waals surface area contributed by atoms with Gasteiger partial charge in [0.2, 0.25) is 0 Å². The summed E-state index contributed by atoms with van der Waals surface area (Å²) in [4.78, 5) is 28.7. The van der Waals surface area contributed by atoms with Gasteiger partial charge in [0.15, 0.2) is 0 Å². The average Bonchev–Trinajstić information content (AvgIpc) is 3.16. The third-order valence-corrected chi connectivity index (χ3v) is 4.63. The molecule has 0 atom stereocenters. The maximum absolute atomic E-state index is 13.3. The molecule has 0 radical (unpaired) electrons. The van der Waals surface area contributed by atoms with Crippen LogP contribution in [-0.4, -0.2) is 58.0 Å². The van der Waals surface area contributed by atoms with E-state index in [1.54, 1.807) is 28.1 Å². The van der Waals surface area contributed by atoms with E-state index in [0.717, 1.165) is 10.9 Å². The Bertz CT molecular complexity index is 976. The number of para-hydroxylation sites is 1. The summed E-state index contributed by atoms with van der Waals surface area (Å²) in [6, 6.07) is 11.2. The molecule has 1 aromatic heterocycles. The summed E-state index contributed by atoms with van der Waals surface area (Å²) in [5.74, 6) is -0.734. The van der Waals surface area contributed by atoms with Crippen LogP contribution in [0.1, 0.15) is 20.7 Å². The Balaban J connectivity index is 1.46. The molecule has 2 heterocycles. The van der Waals surface area contributed by atoms with Crippen molar-refractivity contribution < 1.29 is 14.0 Å². The standard InChI is InChI=1S/C19H17FN4O2/c20-15-5-1-3-13(11-15)18(25)23-7-9-24(10-8-23)19(26)16-6-2-4-14-12-21-22-17(14)16/h1-6,11-12H,7-10H2,(H,21,22). The zero-order valence-corrected chi connectivity index (χ0v) is 14.0. The van der Waals surface area contributed by atoms with Gasteiger partial charge in [-0.3, -0.25) is 14.7 Å². The number of amides is 2. The molecule has 1 N–H and O–H groups in total. The van der Waals surface area contributed by atoms with Crippen LogP contribution in [0.25, 0.3) is 10.9 Å². The first kappa shape index (κ1) is 16.3. The van der Waals surface area contributed by atoms with Gasteiger partial charge in [-0.15, -0.1) is 0 Å². The average molecular weight is 352 g/mol. The van der Waals surface area contributed by atoms with E-state index < -0.39 is 5.82 Å². The summed E-state index contributed by atoms with van der Waals surface area (Å²) in [7, 11) is 0. The number of nitrogens with zero attached hydrogens (tertiary/aromatic N) is 3. The first-order valence-corrected chi connectivity index (χ1v) is 8.40. The fourth-order valence-electron chi connectivity index (χ4n) is 3.23. The monoisotopic (exact) mass is 352 g/mol. The minimum absolute atomic E-state index is 0.0855. The van der Waals surface area contributed by atoms with Gasteiger partial charge in [0.25, 0.3) is 11.8 Å². The van der Waals surface area contributed by atoms with Crippen molar-refractivity contribution in [2.45, 2.75) is 0 Å². The normalized spacial score (nSPS) is 14.7. The number of benzene rings is 2. The van der Waals surface area contributed by atoms with Crippen LogP contribution in [0.15, 0.2) is 48.7 Å². The molecule has 2 amide bonds. The van der Waals surface area contributed by atoms with E-state index in [0.29, 0.717) is 37.3 Å². The number of hydrogen-bond acceptors (Lipinski definition) is 3. The number of nitrogens with one attached hydrogen (secondary N) is 1. The molecule has 0 saturated carbocycles. The van der Waals surface area contributed by atoms with Gasteiger partial charge >= 0.3 is 0 Å². The predicted octanol–water partition coefficient (Wildman–Crippen LogP) is 2.30. The van der Waals surface area contributed by atoms with Crippen molar-refractivity contribution in [2.75, 3.05) is 26.2 Å². The molecule has 1 aliphatic rings. The maximum atomic E-state index is 13.3. The van der Waals surface area contributed by atoms with Crippen LogP contribution < -0.4 is 0 Å². The van der Waals surface area contributed by atoms with Gasteiger partial charge < -0.3 is 9.80 Å². The zero-order chi connectivity index (χ0) is 18.1. The minimum atomic E-state index is -0.433. The Morgan fingerprint density at radius 3 is 2.38 bits per heavy atom. The molecular formula is C19H17FN4O2. The highest BCUT2D eigenvalue weighted by atomic mass is 19.1. The number of rotatable bonds is 2. The van der Waals surface area contributed by atoms with Crippen molar-refractivity contribution in [3.63, 3.8) is 0 Å². The number of carbonyl (C=O) groups excluding carboxylic acids is 2. The van der Waals surface area contributed by atoms with Gasteiger partial charge in [0, 0.05) is 37.1 Å². The number of carbonyl (C=O) groups is 2. The van der Waals surface area contributed by atoms with E-state index in [4.69, 9.17) is 0 Å². The summed E-state index contributed by atoms with van der Waals surface area (Å²) >= 11 is 0. The van der Waals surface area contributed by atoms with E-state index in [2.05, 4.69) is 10.2 Å². The van der Waals surface area contributed by atoms with E-state index in [-0.39, 0.29) is 11.8 Å². The second-order valence-corrected chi connectivity index (χ2v) is 6.23. The molecule has 4 rings (SSSR count). The van der Waals surface area contributed by atoms with Crippen molar-refractivity contribution >= 4 is 22.7 Å². The van der Waals surface area contributed by atoms with Crippen LogP contribution in [0.2, 0.25) is 0 Å². The van der Waals surface area contributed by atoms with E-state index in [1.165, 1.54) is 18.2 Å². The molecule has 2 aromatic carbocycles. The zero-order valence-electron chi connectivity index (χ0n) is 14.0. The van der Waals surface area contributed by atoms with Crippen molar-refractivity contribution in [3.05, 3.63) is 65.6 Å². The highest BCUT2D eigenvalue weighted by Gasteiger charge is 2.26. The molecule has 26 heavy (non-hydrogen) atoms. The van der Waals surface area contributed by atoms with Crippen LogP contribution in [0, 0.1) is 5.82 Å². The lowest BCUT2D eigenvalue weighted by atomic mass is 10.1. The summed E-state index contributed by atoms with van der Waals surface area (Å²) in [6.45, 7) is 1.70. The highest BCUT2D eigenvalue weighted by Crippen LogP contribution is 2.19. The van der Waals surface area contributed by atoms with Gasteiger partial charge in [-0.2, -0.15) is 5.10 Å². The second-order valence-electron chi connectivity index (χ2n) is 6.23. The van der Waals surface area contributed by atoms with Crippen molar-refractivity contribution in [2.24, 2.45) is 0 Å². The van der Waals surface area contributed by atoms with Crippen LogP contribution in [0.5, 0.6) is 0 Å². The summed E-state index contributed by atoms with van der Waals surface area (Å²) in [5.41, 5.74) is 1.62. The maximum Gasteiger partial charge on any atom is 0.256 e. The topological polar surface area (TPSA) is 69.3 Å². The first-order chi connectivity index (χ1) is 12.6. The van der Waals surface area contributed by atoms with Gasteiger partial charge in [-0.05, 0) is 24.3 Å². The lowest BCUT2D eigenvalue weighted by Crippen LogP contribution is -2.50. The quantitative estimate of drug-likeness (QED) is 0.769. The molecule has 7 heteroatoms. The van der Waals surface area contributed by atoms with Crippen molar-refractivity contribution in [1.82, 2.24) is 20.0 Å². The van der Waals surface area contributed by atoms with Gasteiger partial charge in [-0.25, -0.2) is 4.39 Å². The summed E-state index contributed by atoms with van der Waals surface area (Å²) in [6.07, 6.45) is 1.68. The van der Waals surface area contributed by atoms with Gasteiger partial charge in [0.05, 0.1) is 17.3 Å². The number of aromatic nitrogens is 2. The third-order valence-electron chi connectivity index (χ3n) is 4.63. The Hall–Kier alpha value is -3.22. The molecule has 132 valence electrons. The molecule has 0 bridgehead atoms. The van der Waals surface area contributed by atoms with E-state index in [1.807, 2.05) is 12.1 Å². The Kier molecular flexibility index (Phi) is 4.12. The largest absolute Gasteiger partial charge is 0.335 e. The van der Waals surface area contributed by atoms with Crippen molar-refractivity contribution in [3.8, 4) is 0 Å². The molecular weight excluding hydrogens is 335 g/mol. The second kappa shape index (κ2) is 6.59. The lowest BCUT2D eigenvalue weighted by Gasteiger charge is -2.35. The molecule has 0 spiro atoms. The Labute approximate surface area is 149 Å². The Morgan fingerprint density at radius 2 is 1.65 bits per heavy atom. The fraction of sp³-hybridized carbons (Fsp3) is 0.211. The molecule has 0 unspecified atom stereocenters.